The van der Waals surface area contributed by atoms with E-state index in [0.717, 1.165) is 5.56 Å². The highest BCUT2D eigenvalue weighted by Gasteiger charge is 2.26. The van der Waals surface area contributed by atoms with Crippen molar-refractivity contribution < 1.29 is 22.3 Å². The second-order valence-corrected chi connectivity index (χ2v) is 8.34. The Morgan fingerprint density at radius 1 is 1.18 bits per heavy atom. The van der Waals surface area contributed by atoms with Crippen LogP contribution in [0.25, 0.3) is 0 Å². The van der Waals surface area contributed by atoms with E-state index in [1.165, 1.54) is 28.6 Å². The lowest BCUT2D eigenvalue weighted by Gasteiger charge is -2.26. The first-order chi connectivity index (χ1) is 13.4. The number of rotatable bonds is 6. The molecular weight excluding hydrogens is 385 g/mol. The van der Waals surface area contributed by atoms with Crippen molar-refractivity contribution in [2.75, 3.05) is 43.5 Å². The Kier molecular flexibility index (Phi) is 6.28. The topological polar surface area (TPSA) is 87.7 Å². The van der Waals surface area contributed by atoms with Crippen molar-refractivity contribution >= 4 is 27.3 Å². The van der Waals surface area contributed by atoms with Gasteiger partial charge in [0.15, 0.2) is 0 Å². The maximum atomic E-state index is 13.2. The van der Waals surface area contributed by atoms with E-state index < -0.39 is 15.8 Å². The van der Waals surface area contributed by atoms with E-state index in [9.17, 15) is 17.6 Å². The maximum absolute atomic E-state index is 13.2. The largest absolute Gasteiger partial charge is 0.379 e. The molecule has 2 aromatic rings. The number of hydrogen-bond donors (Lipinski definition) is 2. The van der Waals surface area contributed by atoms with Gasteiger partial charge in [-0.3, -0.25) is 4.79 Å². The lowest BCUT2D eigenvalue weighted by atomic mass is 10.2. The first-order valence-corrected chi connectivity index (χ1v) is 10.3. The van der Waals surface area contributed by atoms with Crippen molar-refractivity contribution in [1.29, 1.82) is 0 Å². The van der Waals surface area contributed by atoms with E-state index >= 15 is 0 Å². The Morgan fingerprint density at radius 2 is 1.93 bits per heavy atom. The van der Waals surface area contributed by atoms with E-state index in [2.05, 4.69) is 10.6 Å². The minimum atomic E-state index is -3.65. The second kappa shape index (κ2) is 8.68. The summed E-state index contributed by atoms with van der Waals surface area (Å²) in [6.07, 6.45) is 0. The number of amides is 1. The zero-order valence-electron chi connectivity index (χ0n) is 15.4. The summed E-state index contributed by atoms with van der Waals surface area (Å²) in [5.41, 5.74) is 1.64. The third kappa shape index (κ3) is 4.86. The molecule has 0 unspecified atom stereocenters. The quantitative estimate of drug-likeness (QED) is 0.767. The standard InChI is InChI=1S/C19H22FN3O4S/c1-14-5-6-17(28(25,26)23-7-9-27-10-8-23)12-18(14)22-19(24)13-21-16-4-2-3-15(20)11-16/h2-6,11-12,21H,7-10,13H2,1H3,(H,22,24). The van der Waals surface area contributed by atoms with Crippen LogP contribution in [0.3, 0.4) is 0 Å². The van der Waals surface area contributed by atoms with Crippen LogP contribution < -0.4 is 10.6 Å². The number of benzene rings is 2. The average Bonchev–Trinajstić information content (AvgIpc) is 2.69. The molecule has 7 nitrogen and oxygen atoms in total. The summed E-state index contributed by atoms with van der Waals surface area (Å²) in [6, 6.07) is 10.4. The third-order valence-corrected chi connectivity index (χ3v) is 6.26. The van der Waals surface area contributed by atoms with Crippen LogP contribution >= 0.6 is 0 Å². The number of nitrogens with zero attached hydrogens (tertiary/aromatic N) is 1. The van der Waals surface area contributed by atoms with Crippen LogP contribution in [0, 0.1) is 12.7 Å². The summed E-state index contributed by atoms with van der Waals surface area (Å²) in [7, 11) is -3.65. The molecule has 0 radical (unpaired) electrons. The highest BCUT2D eigenvalue weighted by Crippen LogP contribution is 2.23. The first kappa shape index (κ1) is 20.2. The molecule has 150 valence electrons. The molecule has 2 N–H and O–H groups in total. The Hall–Kier alpha value is -2.49. The highest BCUT2D eigenvalue weighted by molar-refractivity contribution is 7.89. The second-order valence-electron chi connectivity index (χ2n) is 6.41. The normalized spacial score (nSPS) is 15.2. The first-order valence-electron chi connectivity index (χ1n) is 8.84. The molecule has 9 heteroatoms. The smallest absolute Gasteiger partial charge is 0.243 e. The van der Waals surface area contributed by atoms with Crippen LogP contribution in [-0.4, -0.2) is 51.5 Å². The van der Waals surface area contributed by atoms with Gasteiger partial charge < -0.3 is 15.4 Å². The molecular formula is C19H22FN3O4S. The number of morpholine rings is 1. The minimum absolute atomic E-state index is 0.0800. The molecule has 1 aliphatic heterocycles. The van der Waals surface area contributed by atoms with E-state index in [0.29, 0.717) is 37.7 Å². The SMILES string of the molecule is Cc1ccc(S(=O)(=O)N2CCOCC2)cc1NC(=O)CNc1cccc(F)c1. The molecule has 1 aliphatic rings. The maximum Gasteiger partial charge on any atom is 0.243 e. The number of aryl methyl sites for hydroxylation is 1. The van der Waals surface area contributed by atoms with Gasteiger partial charge in [-0.05, 0) is 42.8 Å². The molecule has 28 heavy (non-hydrogen) atoms. The molecule has 2 aromatic carbocycles. The van der Waals surface area contributed by atoms with Gasteiger partial charge in [0.25, 0.3) is 0 Å². The monoisotopic (exact) mass is 407 g/mol. The molecule has 3 rings (SSSR count). The van der Waals surface area contributed by atoms with Gasteiger partial charge in [0.1, 0.15) is 5.82 Å². The summed E-state index contributed by atoms with van der Waals surface area (Å²) in [6.45, 7) is 3.02. The molecule has 1 amide bonds. The van der Waals surface area contributed by atoms with Crippen molar-refractivity contribution in [3.8, 4) is 0 Å². The molecule has 1 fully saturated rings. The van der Waals surface area contributed by atoms with Crippen molar-refractivity contribution in [3.05, 3.63) is 53.8 Å². The highest BCUT2D eigenvalue weighted by atomic mass is 32.2. The fraction of sp³-hybridized carbons (Fsp3) is 0.316. The lowest BCUT2D eigenvalue weighted by molar-refractivity contribution is -0.114. The number of nitrogens with one attached hydrogen (secondary N) is 2. The minimum Gasteiger partial charge on any atom is -0.379 e. The summed E-state index contributed by atoms with van der Waals surface area (Å²) in [5.74, 6) is -0.768. The average molecular weight is 407 g/mol. The Bertz CT molecular complexity index is 959. The van der Waals surface area contributed by atoms with Crippen LogP contribution in [0.1, 0.15) is 5.56 Å². The number of halogens is 1. The molecule has 0 atom stereocenters. The molecule has 0 bridgehead atoms. The lowest BCUT2D eigenvalue weighted by Crippen LogP contribution is -2.40. The van der Waals surface area contributed by atoms with Crippen LogP contribution in [0.2, 0.25) is 0 Å². The van der Waals surface area contributed by atoms with Crippen molar-refractivity contribution in [2.45, 2.75) is 11.8 Å². The van der Waals surface area contributed by atoms with Crippen LogP contribution in [-0.2, 0) is 19.6 Å². The number of sulfonamides is 1. The van der Waals surface area contributed by atoms with Gasteiger partial charge in [0.05, 0.1) is 24.7 Å². The zero-order chi connectivity index (χ0) is 20.1. The molecule has 1 heterocycles. The van der Waals surface area contributed by atoms with Gasteiger partial charge in [0, 0.05) is 24.5 Å². The zero-order valence-corrected chi connectivity index (χ0v) is 16.3. The van der Waals surface area contributed by atoms with Crippen molar-refractivity contribution in [2.24, 2.45) is 0 Å². The van der Waals surface area contributed by atoms with Gasteiger partial charge in [-0.1, -0.05) is 12.1 Å². The number of carbonyl (C=O) groups is 1. The van der Waals surface area contributed by atoms with E-state index in [-0.39, 0.29) is 17.3 Å². The fourth-order valence-electron chi connectivity index (χ4n) is 2.81. The summed E-state index contributed by atoms with van der Waals surface area (Å²) < 4.78 is 45.3. The van der Waals surface area contributed by atoms with Gasteiger partial charge >= 0.3 is 0 Å². The summed E-state index contributed by atoms with van der Waals surface area (Å²) in [4.78, 5) is 12.4. The van der Waals surface area contributed by atoms with Gasteiger partial charge in [0.2, 0.25) is 15.9 Å². The Labute approximate surface area is 163 Å². The number of carbonyl (C=O) groups excluding carboxylic acids is 1. The van der Waals surface area contributed by atoms with Crippen LogP contribution in [0.5, 0.6) is 0 Å². The van der Waals surface area contributed by atoms with Gasteiger partial charge in [-0.2, -0.15) is 4.31 Å². The third-order valence-electron chi connectivity index (χ3n) is 4.37. The Morgan fingerprint density at radius 3 is 2.64 bits per heavy atom. The van der Waals surface area contributed by atoms with Crippen molar-refractivity contribution in [3.63, 3.8) is 0 Å². The molecule has 0 aromatic heterocycles. The van der Waals surface area contributed by atoms with E-state index in [4.69, 9.17) is 4.74 Å². The Balaban J connectivity index is 1.70. The predicted octanol–water partition coefficient (Wildman–Crippen LogP) is 2.21. The fourth-order valence-corrected chi connectivity index (χ4v) is 4.24. The van der Waals surface area contributed by atoms with E-state index in [1.807, 2.05) is 0 Å². The molecule has 0 spiro atoms. The summed E-state index contributed by atoms with van der Waals surface area (Å²) >= 11 is 0. The molecule has 0 aliphatic carbocycles. The molecule has 0 saturated carbocycles. The van der Waals surface area contributed by atoms with Crippen LogP contribution in [0.15, 0.2) is 47.4 Å². The van der Waals surface area contributed by atoms with Crippen LogP contribution in [0.4, 0.5) is 15.8 Å². The number of anilines is 2. The van der Waals surface area contributed by atoms with Gasteiger partial charge in [-0.25, -0.2) is 12.8 Å². The molecule has 1 saturated heterocycles. The van der Waals surface area contributed by atoms with E-state index in [1.54, 1.807) is 25.1 Å². The van der Waals surface area contributed by atoms with Crippen molar-refractivity contribution in [1.82, 2.24) is 4.31 Å². The number of ether oxygens (including phenoxy) is 1. The van der Waals surface area contributed by atoms with Gasteiger partial charge in [-0.15, -0.1) is 0 Å². The summed E-state index contributed by atoms with van der Waals surface area (Å²) in [5, 5.41) is 5.54. The predicted molar refractivity (Wildman–Crippen MR) is 104 cm³/mol. The number of hydrogen-bond acceptors (Lipinski definition) is 5.